The second-order valence-electron chi connectivity index (χ2n) is 6.10. The third-order valence-electron chi connectivity index (χ3n) is 4.30. The summed E-state index contributed by atoms with van der Waals surface area (Å²) in [6, 6.07) is 4.36. The van der Waals surface area contributed by atoms with E-state index in [1.807, 2.05) is 5.38 Å². The quantitative estimate of drug-likeness (QED) is 0.916. The minimum atomic E-state index is 0.111. The van der Waals surface area contributed by atoms with Gasteiger partial charge in [0.2, 0.25) is 5.91 Å². The maximum absolute atomic E-state index is 12.0. The van der Waals surface area contributed by atoms with E-state index in [-0.39, 0.29) is 11.8 Å². The zero-order chi connectivity index (χ0) is 15.1. The lowest BCUT2D eigenvalue weighted by Gasteiger charge is -2.07. The largest absolute Gasteiger partial charge is 0.302 e. The molecule has 1 N–H and O–H groups in total. The SMILES string of the molecule is Cc1cc(C)c(-c2csc(NC(=O)C3CC3C)n2)cc1C. The number of nitrogens with zero attached hydrogens (tertiary/aromatic N) is 1. The van der Waals surface area contributed by atoms with Crippen LogP contribution in [0.1, 0.15) is 30.0 Å². The van der Waals surface area contributed by atoms with Crippen LogP contribution in [0, 0.1) is 32.6 Å². The minimum absolute atomic E-state index is 0.111. The zero-order valence-electron chi connectivity index (χ0n) is 12.9. The molecule has 0 aliphatic heterocycles. The summed E-state index contributed by atoms with van der Waals surface area (Å²) in [6.45, 7) is 8.44. The number of aryl methyl sites for hydroxylation is 3. The highest BCUT2D eigenvalue weighted by Crippen LogP contribution is 2.39. The first-order chi connectivity index (χ1) is 9.95. The number of carbonyl (C=O) groups excluding carboxylic acids is 1. The van der Waals surface area contributed by atoms with Crippen LogP contribution in [0.2, 0.25) is 0 Å². The van der Waals surface area contributed by atoms with E-state index in [0.29, 0.717) is 11.0 Å². The van der Waals surface area contributed by atoms with Crippen LogP contribution in [0.4, 0.5) is 5.13 Å². The van der Waals surface area contributed by atoms with Crippen LogP contribution in [0.25, 0.3) is 11.3 Å². The number of thiazole rings is 1. The zero-order valence-corrected chi connectivity index (χ0v) is 13.7. The van der Waals surface area contributed by atoms with Gasteiger partial charge in [-0.2, -0.15) is 0 Å². The van der Waals surface area contributed by atoms with E-state index < -0.39 is 0 Å². The molecule has 1 aliphatic carbocycles. The number of carbonyl (C=O) groups is 1. The smallest absolute Gasteiger partial charge is 0.229 e. The van der Waals surface area contributed by atoms with Gasteiger partial charge in [0.25, 0.3) is 0 Å². The number of benzene rings is 1. The van der Waals surface area contributed by atoms with Crippen molar-refractivity contribution in [3.8, 4) is 11.3 Å². The van der Waals surface area contributed by atoms with Crippen molar-refractivity contribution in [3.63, 3.8) is 0 Å². The number of nitrogens with one attached hydrogen (secondary N) is 1. The van der Waals surface area contributed by atoms with Crippen LogP contribution in [0.15, 0.2) is 17.5 Å². The Morgan fingerprint density at radius 1 is 1.24 bits per heavy atom. The molecule has 110 valence electrons. The first-order valence-electron chi connectivity index (χ1n) is 7.30. The van der Waals surface area contributed by atoms with Crippen molar-refractivity contribution in [2.45, 2.75) is 34.1 Å². The van der Waals surface area contributed by atoms with Gasteiger partial charge in [-0.1, -0.05) is 13.0 Å². The Balaban J connectivity index is 1.81. The van der Waals surface area contributed by atoms with E-state index >= 15 is 0 Å². The Bertz CT molecular complexity index is 705. The maximum Gasteiger partial charge on any atom is 0.229 e. The van der Waals surface area contributed by atoms with Gasteiger partial charge in [-0.05, 0) is 55.9 Å². The van der Waals surface area contributed by atoms with Crippen LogP contribution >= 0.6 is 11.3 Å². The van der Waals surface area contributed by atoms with Crippen molar-refractivity contribution in [1.82, 2.24) is 4.98 Å². The van der Waals surface area contributed by atoms with Gasteiger partial charge in [0, 0.05) is 16.9 Å². The van der Waals surface area contributed by atoms with E-state index in [1.165, 1.54) is 28.0 Å². The summed E-state index contributed by atoms with van der Waals surface area (Å²) >= 11 is 1.49. The molecular weight excluding hydrogens is 280 g/mol. The molecule has 0 spiro atoms. The van der Waals surface area contributed by atoms with Gasteiger partial charge >= 0.3 is 0 Å². The summed E-state index contributed by atoms with van der Waals surface area (Å²) in [7, 11) is 0. The molecule has 1 fully saturated rings. The number of hydrogen-bond acceptors (Lipinski definition) is 3. The Morgan fingerprint density at radius 2 is 1.90 bits per heavy atom. The first kappa shape index (κ1) is 14.3. The summed E-state index contributed by atoms with van der Waals surface area (Å²) < 4.78 is 0. The van der Waals surface area contributed by atoms with E-state index in [2.05, 4.69) is 50.1 Å². The fraction of sp³-hybridized carbons (Fsp3) is 0.412. The molecule has 1 aromatic heterocycles. The molecule has 2 atom stereocenters. The molecule has 2 unspecified atom stereocenters. The molecule has 1 aromatic carbocycles. The van der Waals surface area contributed by atoms with E-state index in [4.69, 9.17) is 0 Å². The standard InChI is InChI=1S/C17H20N2OS/c1-9-5-11(3)13(6-10(9)2)15-8-21-17(18-15)19-16(20)14-7-12(14)4/h5-6,8,12,14H,7H2,1-4H3,(H,18,19,20). The summed E-state index contributed by atoms with van der Waals surface area (Å²) in [6.07, 6.45) is 1.00. The summed E-state index contributed by atoms with van der Waals surface area (Å²) in [5.74, 6) is 0.812. The highest BCUT2D eigenvalue weighted by atomic mass is 32.1. The van der Waals surface area contributed by atoms with Crippen molar-refractivity contribution in [3.05, 3.63) is 34.2 Å². The number of amides is 1. The van der Waals surface area contributed by atoms with Crippen LogP contribution < -0.4 is 5.32 Å². The molecule has 1 amide bonds. The second kappa shape index (κ2) is 5.26. The predicted molar refractivity (Wildman–Crippen MR) is 87.7 cm³/mol. The highest BCUT2D eigenvalue weighted by molar-refractivity contribution is 7.14. The summed E-state index contributed by atoms with van der Waals surface area (Å²) in [5, 5.41) is 5.66. The van der Waals surface area contributed by atoms with Crippen molar-refractivity contribution in [2.24, 2.45) is 11.8 Å². The predicted octanol–water partition coefficient (Wildman–Crippen LogP) is 4.33. The Morgan fingerprint density at radius 3 is 2.57 bits per heavy atom. The number of hydrogen-bond donors (Lipinski definition) is 1. The van der Waals surface area contributed by atoms with E-state index in [9.17, 15) is 4.79 Å². The molecule has 3 rings (SSSR count). The normalized spacial score (nSPS) is 20.4. The van der Waals surface area contributed by atoms with Crippen LogP contribution in [0.3, 0.4) is 0 Å². The van der Waals surface area contributed by atoms with Gasteiger partial charge in [-0.15, -0.1) is 11.3 Å². The first-order valence-corrected chi connectivity index (χ1v) is 8.18. The van der Waals surface area contributed by atoms with E-state index in [1.54, 1.807) is 0 Å². The number of rotatable bonds is 3. The van der Waals surface area contributed by atoms with Crippen molar-refractivity contribution >= 4 is 22.4 Å². The third-order valence-corrected chi connectivity index (χ3v) is 5.05. The summed E-state index contributed by atoms with van der Waals surface area (Å²) in [5.41, 5.74) is 5.87. The fourth-order valence-electron chi connectivity index (χ4n) is 2.58. The maximum atomic E-state index is 12.0. The van der Waals surface area contributed by atoms with Gasteiger partial charge in [0.15, 0.2) is 5.13 Å². The van der Waals surface area contributed by atoms with E-state index in [0.717, 1.165) is 17.7 Å². The number of anilines is 1. The molecule has 2 aromatic rings. The molecule has 0 saturated heterocycles. The third kappa shape index (κ3) is 2.86. The number of aromatic nitrogens is 1. The van der Waals surface area contributed by atoms with Crippen molar-refractivity contribution in [1.29, 1.82) is 0 Å². The minimum Gasteiger partial charge on any atom is -0.302 e. The summed E-state index contributed by atoms with van der Waals surface area (Å²) in [4.78, 5) is 16.5. The van der Waals surface area contributed by atoms with Gasteiger partial charge in [0.1, 0.15) is 0 Å². The van der Waals surface area contributed by atoms with Crippen molar-refractivity contribution in [2.75, 3.05) is 5.32 Å². The lowest BCUT2D eigenvalue weighted by Crippen LogP contribution is -2.14. The van der Waals surface area contributed by atoms with Gasteiger partial charge in [-0.25, -0.2) is 4.98 Å². The lowest BCUT2D eigenvalue weighted by atomic mass is 9.99. The molecule has 1 aliphatic rings. The van der Waals surface area contributed by atoms with Gasteiger partial charge < -0.3 is 5.32 Å². The Hall–Kier alpha value is -1.68. The molecular formula is C17H20N2OS. The Labute approximate surface area is 129 Å². The van der Waals surface area contributed by atoms with Gasteiger partial charge in [0.05, 0.1) is 5.69 Å². The molecule has 4 heteroatoms. The fourth-order valence-corrected chi connectivity index (χ4v) is 3.29. The van der Waals surface area contributed by atoms with Gasteiger partial charge in [-0.3, -0.25) is 4.79 Å². The average Bonchev–Trinajstić information content (AvgIpc) is 2.98. The topological polar surface area (TPSA) is 42.0 Å². The van der Waals surface area contributed by atoms with Crippen LogP contribution in [0.5, 0.6) is 0 Å². The molecule has 3 nitrogen and oxygen atoms in total. The molecule has 21 heavy (non-hydrogen) atoms. The highest BCUT2D eigenvalue weighted by Gasteiger charge is 2.39. The lowest BCUT2D eigenvalue weighted by molar-refractivity contribution is -0.117. The molecule has 0 bridgehead atoms. The van der Waals surface area contributed by atoms with Crippen molar-refractivity contribution < 1.29 is 4.79 Å². The molecule has 1 heterocycles. The molecule has 0 radical (unpaired) electrons. The molecule has 1 saturated carbocycles. The Kier molecular flexibility index (Phi) is 3.57. The van der Waals surface area contributed by atoms with Crippen LogP contribution in [-0.4, -0.2) is 10.9 Å². The van der Waals surface area contributed by atoms with Crippen LogP contribution in [-0.2, 0) is 4.79 Å². The monoisotopic (exact) mass is 300 g/mol. The average molecular weight is 300 g/mol. The second-order valence-corrected chi connectivity index (χ2v) is 6.96.